The van der Waals surface area contributed by atoms with E-state index in [1.807, 2.05) is 24.3 Å². The summed E-state index contributed by atoms with van der Waals surface area (Å²) in [5.74, 6) is -0.115. The van der Waals surface area contributed by atoms with Crippen LogP contribution in [-0.2, 0) is 4.79 Å². The van der Waals surface area contributed by atoms with Gasteiger partial charge in [-0.05, 0) is 43.2 Å². The molecule has 134 valence electrons. The van der Waals surface area contributed by atoms with E-state index in [2.05, 4.69) is 9.88 Å². The number of ether oxygens (including phenoxy) is 1. The fraction of sp³-hybridized carbons (Fsp3) is 0.263. The van der Waals surface area contributed by atoms with Gasteiger partial charge >= 0.3 is 5.97 Å². The molecule has 5 nitrogen and oxygen atoms in total. The number of anilines is 1. The third kappa shape index (κ3) is 3.50. The first-order chi connectivity index (χ1) is 12.6. The fourth-order valence-corrected chi connectivity index (χ4v) is 3.50. The Kier molecular flexibility index (Phi) is 4.74. The van der Waals surface area contributed by atoms with Gasteiger partial charge in [-0.3, -0.25) is 4.79 Å². The second-order valence-corrected chi connectivity index (χ2v) is 7.06. The fourth-order valence-electron chi connectivity index (χ4n) is 3.05. The van der Waals surface area contributed by atoms with Crippen LogP contribution in [0.1, 0.15) is 12.8 Å². The number of fused-ring (bicyclic) bond motifs is 1. The Balaban J connectivity index is 1.39. The van der Waals surface area contributed by atoms with Crippen LogP contribution in [0.4, 0.5) is 6.01 Å². The van der Waals surface area contributed by atoms with Gasteiger partial charge in [-0.15, -0.1) is 0 Å². The predicted octanol–water partition coefficient (Wildman–Crippen LogP) is 4.96. The van der Waals surface area contributed by atoms with Gasteiger partial charge in [0.15, 0.2) is 5.58 Å². The summed E-state index contributed by atoms with van der Waals surface area (Å²) in [6.45, 7) is 1.36. The predicted molar refractivity (Wildman–Crippen MR) is 101 cm³/mol. The van der Waals surface area contributed by atoms with Gasteiger partial charge in [-0.25, -0.2) is 0 Å². The van der Waals surface area contributed by atoms with Crippen molar-refractivity contribution in [2.24, 2.45) is 5.92 Å². The largest absolute Gasteiger partial charge is 0.425 e. The molecule has 0 N–H and O–H groups in total. The van der Waals surface area contributed by atoms with E-state index in [1.54, 1.807) is 18.2 Å². The first-order valence-electron chi connectivity index (χ1n) is 8.37. The maximum atomic E-state index is 12.4. The maximum Gasteiger partial charge on any atom is 0.314 e. The molecule has 0 spiro atoms. The number of esters is 1. The average Bonchev–Trinajstić information content (AvgIpc) is 3.08. The molecule has 2 aromatic carbocycles. The molecule has 3 aromatic rings. The molecule has 1 fully saturated rings. The highest BCUT2D eigenvalue weighted by molar-refractivity contribution is 6.35. The van der Waals surface area contributed by atoms with Gasteiger partial charge in [0.05, 0.1) is 10.9 Å². The number of para-hydroxylation sites is 2. The van der Waals surface area contributed by atoms with Crippen molar-refractivity contribution >= 4 is 46.3 Å². The third-order valence-electron chi connectivity index (χ3n) is 4.49. The van der Waals surface area contributed by atoms with Crippen LogP contribution in [-0.4, -0.2) is 24.0 Å². The van der Waals surface area contributed by atoms with Crippen LogP contribution in [0.3, 0.4) is 0 Å². The molecule has 0 amide bonds. The highest BCUT2D eigenvalue weighted by Crippen LogP contribution is 2.30. The molecule has 2 heterocycles. The van der Waals surface area contributed by atoms with Crippen LogP contribution in [0.15, 0.2) is 46.9 Å². The number of carbonyl (C=O) groups is 1. The number of rotatable bonds is 3. The van der Waals surface area contributed by atoms with Gasteiger partial charge in [0.2, 0.25) is 0 Å². The highest BCUT2D eigenvalue weighted by Gasteiger charge is 2.29. The molecule has 1 saturated heterocycles. The lowest BCUT2D eigenvalue weighted by Gasteiger charge is -2.29. The van der Waals surface area contributed by atoms with E-state index in [9.17, 15) is 4.79 Å². The van der Waals surface area contributed by atoms with E-state index in [-0.39, 0.29) is 11.9 Å². The standard InChI is InChI=1S/C19H16Cl2N2O3/c20-13-5-6-16(14(21)11-13)25-18(24)12-7-9-23(10-8-12)19-22-15-3-1-2-4-17(15)26-19/h1-6,11-12H,7-10H2. The van der Waals surface area contributed by atoms with E-state index >= 15 is 0 Å². The summed E-state index contributed by atoms with van der Waals surface area (Å²) in [4.78, 5) is 19.0. The number of carbonyl (C=O) groups excluding carboxylic acids is 1. The van der Waals surface area contributed by atoms with Crippen LogP contribution in [0.25, 0.3) is 11.1 Å². The Morgan fingerprint density at radius 1 is 1.15 bits per heavy atom. The normalized spacial score (nSPS) is 15.4. The monoisotopic (exact) mass is 390 g/mol. The summed E-state index contributed by atoms with van der Waals surface area (Å²) >= 11 is 11.9. The van der Waals surface area contributed by atoms with Crippen molar-refractivity contribution in [1.29, 1.82) is 0 Å². The Hall–Kier alpha value is -2.24. The highest BCUT2D eigenvalue weighted by atomic mass is 35.5. The molecule has 0 atom stereocenters. The molecule has 0 saturated carbocycles. The summed E-state index contributed by atoms with van der Waals surface area (Å²) in [5.41, 5.74) is 1.60. The zero-order valence-corrected chi connectivity index (χ0v) is 15.3. The van der Waals surface area contributed by atoms with Crippen LogP contribution >= 0.6 is 23.2 Å². The lowest BCUT2D eigenvalue weighted by Crippen LogP contribution is -2.37. The van der Waals surface area contributed by atoms with Crippen molar-refractivity contribution in [2.45, 2.75) is 12.8 Å². The van der Waals surface area contributed by atoms with Gasteiger partial charge in [0.1, 0.15) is 11.3 Å². The first kappa shape index (κ1) is 17.2. The van der Waals surface area contributed by atoms with Gasteiger partial charge in [-0.1, -0.05) is 35.3 Å². The Bertz CT molecular complexity index is 916. The van der Waals surface area contributed by atoms with Crippen molar-refractivity contribution in [2.75, 3.05) is 18.0 Å². The zero-order chi connectivity index (χ0) is 18.1. The number of benzene rings is 2. The van der Waals surface area contributed by atoms with Crippen LogP contribution in [0.2, 0.25) is 10.0 Å². The Morgan fingerprint density at radius 2 is 1.92 bits per heavy atom. The summed E-state index contributed by atoms with van der Waals surface area (Å²) in [7, 11) is 0. The van der Waals surface area contributed by atoms with Crippen molar-refractivity contribution < 1.29 is 13.9 Å². The van der Waals surface area contributed by atoms with Crippen molar-refractivity contribution in [3.05, 3.63) is 52.5 Å². The van der Waals surface area contributed by atoms with E-state index in [1.165, 1.54) is 0 Å². The minimum absolute atomic E-state index is 0.178. The third-order valence-corrected chi connectivity index (χ3v) is 5.02. The van der Waals surface area contributed by atoms with Crippen molar-refractivity contribution in [3.63, 3.8) is 0 Å². The van der Waals surface area contributed by atoms with Crippen LogP contribution < -0.4 is 9.64 Å². The zero-order valence-electron chi connectivity index (χ0n) is 13.8. The molecular formula is C19H16Cl2N2O3. The lowest BCUT2D eigenvalue weighted by molar-refractivity contribution is -0.139. The quantitative estimate of drug-likeness (QED) is 0.467. The minimum atomic E-state index is -0.272. The summed E-state index contributed by atoms with van der Waals surface area (Å²) in [6.07, 6.45) is 1.34. The summed E-state index contributed by atoms with van der Waals surface area (Å²) < 4.78 is 11.2. The molecule has 0 aliphatic carbocycles. The molecule has 1 aromatic heterocycles. The van der Waals surface area contributed by atoms with Crippen molar-refractivity contribution in [3.8, 4) is 5.75 Å². The average molecular weight is 391 g/mol. The van der Waals surface area contributed by atoms with E-state index < -0.39 is 0 Å². The second kappa shape index (κ2) is 7.17. The number of hydrogen-bond acceptors (Lipinski definition) is 5. The molecule has 0 radical (unpaired) electrons. The second-order valence-electron chi connectivity index (χ2n) is 6.22. The van der Waals surface area contributed by atoms with E-state index in [4.69, 9.17) is 32.4 Å². The lowest BCUT2D eigenvalue weighted by atomic mass is 9.97. The Morgan fingerprint density at radius 3 is 2.65 bits per heavy atom. The number of oxazole rings is 1. The molecule has 1 aliphatic heterocycles. The number of nitrogens with zero attached hydrogens (tertiary/aromatic N) is 2. The van der Waals surface area contributed by atoms with Gasteiger partial charge in [0.25, 0.3) is 6.01 Å². The summed E-state index contributed by atoms with van der Waals surface area (Å²) in [5, 5.41) is 0.830. The van der Waals surface area contributed by atoms with Gasteiger partial charge < -0.3 is 14.1 Å². The topological polar surface area (TPSA) is 55.6 Å². The van der Waals surface area contributed by atoms with Gasteiger partial charge in [-0.2, -0.15) is 4.98 Å². The number of halogens is 2. The molecule has 0 bridgehead atoms. The van der Waals surface area contributed by atoms with Gasteiger partial charge in [0, 0.05) is 18.1 Å². The molecule has 0 unspecified atom stereocenters. The molecule has 7 heteroatoms. The Labute approximate surface area is 160 Å². The number of aromatic nitrogens is 1. The van der Waals surface area contributed by atoms with E-state index in [0.717, 1.165) is 11.1 Å². The minimum Gasteiger partial charge on any atom is -0.425 e. The SMILES string of the molecule is O=C(Oc1ccc(Cl)cc1Cl)C1CCN(c2nc3ccccc3o2)CC1. The molecule has 4 rings (SSSR count). The summed E-state index contributed by atoms with van der Waals surface area (Å²) in [6, 6.07) is 13.1. The maximum absolute atomic E-state index is 12.4. The number of hydrogen-bond donors (Lipinski definition) is 0. The molecular weight excluding hydrogens is 375 g/mol. The first-order valence-corrected chi connectivity index (χ1v) is 9.13. The van der Waals surface area contributed by atoms with Crippen molar-refractivity contribution in [1.82, 2.24) is 4.98 Å². The van der Waals surface area contributed by atoms with Crippen LogP contribution in [0.5, 0.6) is 5.75 Å². The smallest absolute Gasteiger partial charge is 0.314 e. The number of piperidine rings is 1. The molecule has 1 aliphatic rings. The molecule has 26 heavy (non-hydrogen) atoms. The van der Waals surface area contributed by atoms with E-state index in [0.29, 0.717) is 47.7 Å². The van der Waals surface area contributed by atoms with Crippen LogP contribution in [0, 0.1) is 5.92 Å².